The van der Waals surface area contributed by atoms with Crippen molar-refractivity contribution in [1.82, 2.24) is 0 Å². The molecule has 2 heteroatoms. The zero-order valence-corrected chi connectivity index (χ0v) is 6.21. The Hall–Kier alpha value is 0.585. The molecule has 0 aromatic heterocycles. The van der Waals surface area contributed by atoms with Crippen LogP contribution in [0.25, 0.3) is 0 Å². The summed E-state index contributed by atoms with van der Waals surface area (Å²) < 4.78 is 0. The van der Waals surface area contributed by atoms with Gasteiger partial charge in [0.1, 0.15) is 0 Å². The van der Waals surface area contributed by atoms with Crippen LogP contribution in [0.5, 0.6) is 0 Å². The molecule has 0 aliphatic heterocycles. The number of hydrogen-bond donors (Lipinski definition) is 0. The average Bonchev–Trinajstić information content (AvgIpc) is 1.35. The van der Waals surface area contributed by atoms with E-state index in [1.54, 1.807) is 6.92 Å². The Morgan fingerprint density at radius 1 is 1.50 bits per heavy atom. The first-order valence-corrected chi connectivity index (χ1v) is 1.85. The first-order chi connectivity index (χ1) is 2.77. The smallest absolute Gasteiger partial charge is 0.555 e. The maximum Gasteiger partial charge on any atom is 1.00 e. The van der Waals surface area contributed by atoms with Crippen molar-refractivity contribution in [2.24, 2.45) is 0 Å². The summed E-state index contributed by atoms with van der Waals surface area (Å²) in [5.74, 6) is 0. The van der Waals surface area contributed by atoms with Crippen LogP contribution in [0.1, 0.15) is 13.8 Å². The Labute approximate surface area is 75.8 Å². The summed E-state index contributed by atoms with van der Waals surface area (Å²) in [6.45, 7) is 7.26. The van der Waals surface area contributed by atoms with Crippen molar-refractivity contribution in [3.05, 3.63) is 24.3 Å². The zero-order valence-electron chi connectivity index (χ0n) is 6.21. The van der Waals surface area contributed by atoms with E-state index >= 15 is 0 Å². The number of rotatable bonds is 0. The second kappa shape index (κ2) is 10.5. The Bertz CT molecular complexity index is 84.7. The van der Waals surface area contributed by atoms with Crippen LogP contribution in [-0.2, 0) is 0 Å². The molecule has 0 atom stereocenters. The molecule has 0 spiro atoms. The van der Waals surface area contributed by atoms with Crippen molar-refractivity contribution in [2.75, 3.05) is 0 Å². The van der Waals surface area contributed by atoms with Gasteiger partial charge in [0.25, 0.3) is 0 Å². The molecule has 8 heavy (non-hydrogen) atoms. The normalized spacial score (nSPS) is 4.75. The molecule has 0 aromatic rings. The molecule has 0 radical (unpaired) electrons. The number of hydrogen-bond acceptors (Lipinski definition) is 0. The Kier molecular flexibility index (Phi) is 20.9. The summed E-state index contributed by atoms with van der Waals surface area (Å²) in [5, 5.41) is 0. The third kappa shape index (κ3) is 16.0. The zero-order chi connectivity index (χ0) is 4.99. The largest absolute Gasteiger partial charge is 1.00 e. The fourth-order valence-electron chi connectivity index (χ4n) is 0.213. The first-order valence-electron chi connectivity index (χ1n) is 1.85. The summed E-state index contributed by atoms with van der Waals surface area (Å²) in [6, 6.07) is 0. The molecule has 0 heterocycles. The van der Waals surface area contributed by atoms with Crippen LogP contribution in [-0.4, -0.2) is 0 Å². The molecule has 0 N–H and O–H groups in total. The first kappa shape index (κ1) is 15.8. The molecule has 0 nitrogen and oxygen atoms in total. The van der Waals surface area contributed by atoms with Crippen LogP contribution in [0.4, 0.5) is 0 Å². The van der Waals surface area contributed by atoms with Gasteiger partial charge in [-0.2, -0.15) is 0 Å². The molecule has 0 aliphatic carbocycles. The monoisotopic (exact) mass is 94.1 g/mol. The van der Waals surface area contributed by atoms with E-state index in [0.29, 0.717) is 0 Å². The standard InChI is InChI=1S/C6H8.2Li/c1-4-5-6(2)3;;/h2H2,1,3H3;;/q-2;2*+1. The Morgan fingerprint density at radius 3 is 1.88 bits per heavy atom. The van der Waals surface area contributed by atoms with Crippen molar-refractivity contribution < 1.29 is 37.7 Å². The molecule has 0 saturated carbocycles. The van der Waals surface area contributed by atoms with Crippen molar-refractivity contribution in [2.45, 2.75) is 13.8 Å². The fraction of sp³-hybridized carbons (Fsp3) is 0.333. The van der Waals surface area contributed by atoms with Crippen LogP contribution in [0.3, 0.4) is 0 Å². The Morgan fingerprint density at radius 2 is 1.88 bits per heavy atom. The van der Waals surface area contributed by atoms with Gasteiger partial charge in [0.15, 0.2) is 0 Å². The predicted octanol–water partition coefficient (Wildman–Crippen LogP) is -4.25. The van der Waals surface area contributed by atoms with Crippen LogP contribution in [0.15, 0.2) is 11.3 Å². The van der Waals surface area contributed by atoms with E-state index < -0.39 is 0 Å². The SMILES string of the molecule is [CH2-]C(C)=C=[C-]C.[Li+].[Li+]. The minimum Gasteiger partial charge on any atom is -0.555 e. The molecule has 0 unspecified atom stereocenters. The van der Waals surface area contributed by atoms with Gasteiger partial charge in [0.05, 0.1) is 0 Å². The van der Waals surface area contributed by atoms with Gasteiger partial charge >= 0.3 is 37.7 Å². The maximum absolute atomic E-state index is 3.57. The third-order valence-corrected chi connectivity index (χ3v) is 0.338. The van der Waals surface area contributed by atoms with Crippen molar-refractivity contribution in [3.63, 3.8) is 0 Å². The predicted molar refractivity (Wildman–Crippen MR) is 27.0 cm³/mol. The number of allylic oxidation sites excluding steroid dienone is 1. The topological polar surface area (TPSA) is 0 Å². The molecule has 0 aliphatic rings. The van der Waals surface area contributed by atoms with Gasteiger partial charge in [-0.05, 0) is 0 Å². The molecule has 0 fully saturated rings. The van der Waals surface area contributed by atoms with Crippen molar-refractivity contribution in [3.8, 4) is 0 Å². The van der Waals surface area contributed by atoms with E-state index in [1.165, 1.54) is 0 Å². The van der Waals surface area contributed by atoms with E-state index in [2.05, 4.69) is 18.7 Å². The van der Waals surface area contributed by atoms with E-state index in [0.717, 1.165) is 5.57 Å². The van der Waals surface area contributed by atoms with Crippen molar-refractivity contribution in [1.29, 1.82) is 0 Å². The second-order valence-corrected chi connectivity index (χ2v) is 1.16. The molecular weight excluding hydrogens is 85.9 g/mol. The molecule has 0 rings (SSSR count). The van der Waals surface area contributed by atoms with Crippen LogP contribution in [0, 0.1) is 13.0 Å². The van der Waals surface area contributed by atoms with E-state index in [4.69, 9.17) is 0 Å². The van der Waals surface area contributed by atoms with Gasteiger partial charge in [-0.25, -0.2) is 0 Å². The maximum atomic E-state index is 3.57. The summed E-state index contributed by atoms with van der Waals surface area (Å²) in [5.41, 5.74) is 3.69. The van der Waals surface area contributed by atoms with E-state index in [9.17, 15) is 0 Å². The van der Waals surface area contributed by atoms with Crippen LogP contribution in [0.2, 0.25) is 0 Å². The molecule has 0 amide bonds. The summed E-state index contributed by atoms with van der Waals surface area (Å²) in [6.07, 6.45) is 2.72. The summed E-state index contributed by atoms with van der Waals surface area (Å²) >= 11 is 0. The molecule has 34 valence electrons. The second-order valence-electron chi connectivity index (χ2n) is 1.16. The van der Waals surface area contributed by atoms with Gasteiger partial charge in [-0.1, -0.05) is 0 Å². The van der Waals surface area contributed by atoms with E-state index in [-0.39, 0.29) is 37.7 Å². The summed E-state index contributed by atoms with van der Waals surface area (Å²) in [4.78, 5) is 0. The summed E-state index contributed by atoms with van der Waals surface area (Å²) in [7, 11) is 0. The van der Waals surface area contributed by atoms with Gasteiger partial charge in [-0.15, -0.1) is 13.8 Å². The average molecular weight is 94.0 g/mol. The molecular formula is C6H8Li2. The van der Waals surface area contributed by atoms with Crippen LogP contribution >= 0.6 is 0 Å². The molecule has 0 bridgehead atoms. The Balaban J connectivity index is -0.000000125. The fourth-order valence-corrected chi connectivity index (χ4v) is 0.213. The minimum absolute atomic E-state index is 0. The minimum atomic E-state index is 0. The van der Waals surface area contributed by atoms with Gasteiger partial charge in [0.2, 0.25) is 0 Å². The quantitative estimate of drug-likeness (QED) is 0.162. The molecule has 0 aromatic carbocycles. The van der Waals surface area contributed by atoms with Crippen molar-refractivity contribution >= 4 is 0 Å². The third-order valence-electron chi connectivity index (χ3n) is 0.338. The molecule has 0 saturated heterocycles. The van der Waals surface area contributed by atoms with Crippen LogP contribution < -0.4 is 37.7 Å². The van der Waals surface area contributed by atoms with E-state index in [1.807, 2.05) is 6.92 Å². The van der Waals surface area contributed by atoms with Gasteiger partial charge < -0.3 is 24.3 Å². The van der Waals surface area contributed by atoms with Gasteiger partial charge in [0, 0.05) is 0 Å². The van der Waals surface area contributed by atoms with Gasteiger partial charge in [-0.3, -0.25) is 0 Å².